The monoisotopic (exact) mass is 288 g/mol. The lowest BCUT2D eigenvalue weighted by atomic mass is 9.72. The van der Waals surface area contributed by atoms with Crippen LogP contribution in [0.25, 0.3) is 10.9 Å². The zero-order valence-corrected chi connectivity index (χ0v) is 13.1. The van der Waals surface area contributed by atoms with Crippen LogP contribution in [0, 0.1) is 0 Å². The van der Waals surface area contributed by atoms with Crippen molar-refractivity contribution in [3.05, 3.63) is 70.9 Å². The van der Waals surface area contributed by atoms with Crippen molar-refractivity contribution in [3.63, 3.8) is 0 Å². The first-order valence-electron chi connectivity index (χ1n) is 8.09. The van der Waals surface area contributed by atoms with E-state index >= 15 is 0 Å². The van der Waals surface area contributed by atoms with Crippen LogP contribution in [-0.4, -0.2) is 22.6 Å². The van der Waals surface area contributed by atoms with Crippen molar-refractivity contribution >= 4 is 10.9 Å². The molecule has 2 aromatic carbocycles. The third-order valence-corrected chi connectivity index (χ3v) is 5.65. The molecule has 0 unspecified atom stereocenters. The molecule has 0 radical (unpaired) electrons. The fraction of sp³-hybridized carbons (Fsp3) is 0.300. The Bertz CT molecular complexity index is 890. The Hall–Kier alpha value is -2.06. The van der Waals surface area contributed by atoms with Gasteiger partial charge in [-0.25, -0.2) is 0 Å². The topological polar surface area (TPSA) is 8.17 Å². The molecule has 1 aliphatic heterocycles. The number of benzene rings is 2. The largest absolute Gasteiger partial charge is 0.350 e. The van der Waals surface area contributed by atoms with Crippen LogP contribution in [0.4, 0.5) is 0 Å². The van der Waals surface area contributed by atoms with Gasteiger partial charge in [-0.05, 0) is 41.8 Å². The molecule has 2 nitrogen and oxygen atoms in total. The summed E-state index contributed by atoms with van der Waals surface area (Å²) in [4.78, 5) is 2.54. The Morgan fingerprint density at radius 1 is 0.909 bits per heavy atom. The zero-order valence-electron chi connectivity index (χ0n) is 13.1. The molecule has 2 atom stereocenters. The van der Waals surface area contributed by atoms with Crippen LogP contribution in [0.2, 0.25) is 0 Å². The average Bonchev–Trinajstić information content (AvgIpc) is 2.86. The second-order valence-corrected chi connectivity index (χ2v) is 6.87. The van der Waals surface area contributed by atoms with Gasteiger partial charge in [-0.3, -0.25) is 4.90 Å². The molecule has 0 saturated carbocycles. The molecule has 1 aromatic heterocycles. The summed E-state index contributed by atoms with van der Waals surface area (Å²) in [5.41, 5.74) is 7.43. The van der Waals surface area contributed by atoms with Crippen molar-refractivity contribution in [3.8, 4) is 0 Å². The Balaban J connectivity index is 1.85. The molecule has 3 aromatic rings. The molecule has 22 heavy (non-hydrogen) atoms. The van der Waals surface area contributed by atoms with Gasteiger partial charge in [0.2, 0.25) is 0 Å². The fourth-order valence-corrected chi connectivity index (χ4v) is 4.69. The minimum Gasteiger partial charge on any atom is -0.350 e. The minimum atomic E-state index is 0.508. The Morgan fingerprint density at radius 3 is 2.64 bits per heavy atom. The van der Waals surface area contributed by atoms with Crippen LogP contribution < -0.4 is 0 Å². The molecular weight excluding hydrogens is 268 g/mol. The van der Waals surface area contributed by atoms with E-state index < -0.39 is 0 Å². The highest BCUT2D eigenvalue weighted by atomic mass is 15.1. The molecule has 1 aliphatic carbocycles. The van der Waals surface area contributed by atoms with Crippen LogP contribution >= 0.6 is 0 Å². The van der Waals surface area contributed by atoms with Gasteiger partial charge < -0.3 is 4.57 Å². The van der Waals surface area contributed by atoms with E-state index in [-0.39, 0.29) is 0 Å². The molecular formula is C20H20N2. The lowest BCUT2D eigenvalue weighted by Gasteiger charge is -2.43. The SMILES string of the molecule is CN1Cc2ccccc2[C@H]2c3cccc4c3c(cn4C)C[C@@H]21. The van der Waals surface area contributed by atoms with Crippen LogP contribution in [0.3, 0.4) is 0 Å². The molecule has 110 valence electrons. The molecule has 0 N–H and O–H groups in total. The number of nitrogens with zero attached hydrogens (tertiary/aromatic N) is 2. The van der Waals surface area contributed by atoms with E-state index in [0.717, 1.165) is 13.0 Å². The number of fused-ring (bicyclic) bond motifs is 4. The Morgan fingerprint density at radius 2 is 1.73 bits per heavy atom. The first kappa shape index (κ1) is 12.5. The van der Waals surface area contributed by atoms with Gasteiger partial charge in [-0.2, -0.15) is 0 Å². The van der Waals surface area contributed by atoms with Crippen molar-refractivity contribution in [2.24, 2.45) is 7.05 Å². The third-order valence-electron chi connectivity index (χ3n) is 5.65. The lowest BCUT2D eigenvalue weighted by Crippen LogP contribution is -2.44. The highest BCUT2D eigenvalue weighted by Gasteiger charge is 2.38. The molecule has 2 heterocycles. The molecule has 2 heteroatoms. The predicted octanol–water partition coefficient (Wildman–Crippen LogP) is 3.68. The van der Waals surface area contributed by atoms with Crippen molar-refractivity contribution < 1.29 is 0 Å². The van der Waals surface area contributed by atoms with Crippen LogP contribution in [0.1, 0.15) is 28.2 Å². The number of aromatic nitrogens is 1. The van der Waals surface area contributed by atoms with E-state index in [0.29, 0.717) is 12.0 Å². The summed E-state index contributed by atoms with van der Waals surface area (Å²) in [6.07, 6.45) is 3.49. The Kier molecular flexibility index (Phi) is 2.40. The van der Waals surface area contributed by atoms with E-state index in [1.165, 1.54) is 33.2 Å². The molecule has 2 aliphatic rings. The second-order valence-electron chi connectivity index (χ2n) is 6.87. The number of likely N-dealkylation sites (N-methyl/N-ethyl adjacent to an activating group) is 1. The smallest absolute Gasteiger partial charge is 0.0483 e. The van der Waals surface area contributed by atoms with E-state index in [1.807, 2.05) is 0 Å². The van der Waals surface area contributed by atoms with Gasteiger partial charge >= 0.3 is 0 Å². The number of hydrogen-bond donors (Lipinski definition) is 0. The van der Waals surface area contributed by atoms with Gasteiger partial charge in [-0.15, -0.1) is 0 Å². The van der Waals surface area contributed by atoms with Crippen molar-refractivity contribution in [2.75, 3.05) is 7.05 Å². The first-order valence-corrected chi connectivity index (χ1v) is 8.09. The number of hydrogen-bond acceptors (Lipinski definition) is 1. The van der Waals surface area contributed by atoms with E-state index in [4.69, 9.17) is 0 Å². The Labute approximate surface area is 131 Å². The van der Waals surface area contributed by atoms with Crippen LogP contribution in [-0.2, 0) is 20.0 Å². The second kappa shape index (κ2) is 4.23. The van der Waals surface area contributed by atoms with Crippen LogP contribution in [0.5, 0.6) is 0 Å². The average molecular weight is 288 g/mol. The van der Waals surface area contributed by atoms with Gasteiger partial charge in [0.1, 0.15) is 0 Å². The van der Waals surface area contributed by atoms with Crippen molar-refractivity contribution in [1.29, 1.82) is 0 Å². The first-order chi connectivity index (χ1) is 10.7. The quantitative estimate of drug-likeness (QED) is 0.612. The fourth-order valence-electron chi connectivity index (χ4n) is 4.69. The van der Waals surface area contributed by atoms with Gasteiger partial charge in [-0.1, -0.05) is 36.4 Å². The molecule has 0 saturated heterocycles. The summed E-state index contributed by atoms with van der Waals surface area (Å²) in [5.74, 6) is 0.508. The van der Waals surface area contributed by atoms with E-state index in [2.05, 4.69) is 72.2 Å². The third kappa shape index (κ3) is 1.48. The normalized spacial score (nSPS) is 23.4. The molecule has 0 spiro atoms. The van der Waals surface area contributed by atoms with Gasteiger partial charge in [0.05, 0.1) is 0 Å². The lowest BCUT2D eigenvalue weighted by molar-refractivity contribution is 0.193. The summed E-state index contributed by atoms with van der Waals surface area (Å²) in [6, 6.07) is 16.4. The molecule has 0 fully saturated rings. The van der Waals surface area contributed by atoms with Crippen molar-refractivity contribution in [2.45, 2.75) is 24.9 Å². The highest BCUT2D eigenvalue weighted by molar-refractivity contribution is 5.89. The van der Waals surface area contributed by atoms with E-state index in [9.17, 15) is 0 Å². The maximum atomic E-state index is 2.54. The summed E-state index contributed by atoms with van der Waals surface area (Å²) < 4.78 is 2.29. The summed E-state index contributed by atoms with van der Waals surface area (Å²) in [6.45, 7) is 1.06. The van der Waals surface area contributed by atoms with E-state index in [1.54, 1.807) is 0 Å². The van der Waals surface area contributed by atoms with Gasteiger partial charge in [0.15, 0.2) is 0 Å². The standard InChI is InChI=1S/C20H20N2/c1-21-12-14-10-18-20(16-8-5-9-17(21)19(14)16)15-7-4-3-6-13(15)11-22(18)2/h3-9,12,18,20H,10-11H2,1-2H3/t18-,20-/m0/s1. The molecule has 5 rings (SSSR count). The minimum absolute atomic E-state index is 0.508. The summed E-state index contributed by atoms with van der Waals surface area (Å²) in [5, 5.41) is 1.50. The maximum absolute atomic E-state index is 2.54. The van der Waals surface area contributed by atoms with Crippen molar-refractivity contribution in [1.82, 2.24) is 9.47 Å². The van der Waals surface area contributed by atoms with Crippen LogP contribution in [0.15, 0.2) is 48.7 Å². The number of aryl methyl sites for hydroxylation is 1. The predicted molar refractivity (Wildman–Crippen MR) is 90.2 cm³/mol. The van der Waals surface area contributed by atoms with Gasteiger partial charge in [0.25, 0.3) is 0 Å². The number of rotatable bonds is 0. The molecule has 0 bridgehead atoms. The highest BCUT2D eigenvalue weighted by Crippen LogP contribution is 2.46. The maximum Gasteiger partial charge on any atom is 0.0483 e. The molecule has 0 amide bonds. The van der Waals surface area contributed by atoms with Gasteiger partial charge in [0, 0.05) is 42.7 Å². The summed E-state index contributed by atoms with van der Waals surface area (Å²) in [7, 11) is 4.45. The summed E-state index contributed by atoms with van der Waals surface area (Å²) >= 11 is 0. The zero-order chi connectivity index (χ0) is 14.8.